The van der Waals surface area contributed by atoms with Crippen molar-refractivity contribution in [1.29, 1.82) is 5.26 Å². The summed E-state index contributed by atoms with van der Waals surface area (Å²) in [5.74, 6) is 0.825. The van der Waals surface area contributed by atoms with Crippen molar-refractivity contribution in [2.24, 2.45) is 0 Å². The molecule has 1 rings (SSSR count). The molecule has 17 heavy (non-hydrogen) atoms. The van der Waals surface area contributed by atoms with Crippen LogP contribution in [0.25, 0.3) is 0 Å². The zero-order valence-electron chi connectivity index (χ0n) is 10.3. The van der Waals surface area contributed by atoms with Crippen LogP contribution in [0.15, 0.2) is 24.3 Å². The molecule has 0 aliphatic carbocycles. The van der Waals surface area contributed by atoms with Crippen LogP contribution in [0.3, 0.4) is 0 Å². The number of benzene rings is 1. The Hall–Kier alpha value is -1.24. The van der Waals surface area contributed by atoms with E-state index < -0.39 is 0 Å². The van der Waals surface area contributed by atoms with Gasteiger partial charge >= 0.3 is 0 Å². The Morgan fingerprint density at radius 3 is 2.24 bits per heavy atom. The Balaban J connectivity index is 0.00000256. The number of likely N-dealkylation sites (N-methyl/N-ethyl adjacent to an activating group) is 1. The second-order valence-electron chi connectivity index (χ2n) is 3.51. The summed E-state index contributed by atoms with van der Waals surface area (Å²) < 4.78 is 5.59. The second-order valence-corrected chi connectivity index (χ2v) is 3.51. The van der Waals surface area contributed by atoms with Crippen molar-refractivity contribution in [3.63, 3.8) is 0 Å². The molecule has 0 aliphatic rings. The minimum Gasteiger partial charge on any atom is -0.492 e. The molecular formula is C13H19ClN2O. The number of halogens is 1. The van der Waals surface area contributed by atoms with Gasteiger partial charge in [0, 0.05) is 6.54 Å². The van der Waals surface area contributed by atoms with Crippen LogP contribution in [0.2, 0.25) is 0 Å². The van der Waals surface area contributed by atoms with Crippen LogP contribution in [-0.2, 0) is 0 Å². The first-order valence-electron chi connectivity index (χ1n) is 5.65. The average Bonchev–Trinajstić information content (AvgIpc) is 2.35. The maximum atomic E-state index is 8.64. The van der Waals surface area contributed by atoms with Crippen molar-refractivity contribution in [3.8, 4) is 11.8 Å². The van der Waals surface area contributed by atoms with Gasteiger partial charge in [-0.1, -0.05) is 13.8 Å². The van der Waals surface area contributed by atoms with Gasteiger partial charge in [-0.3, -0.25) is 0 Å². The van der Waals surface area contributed by atoms with E-state index in [-0.39, 0.29) is 12.4 Å². The fraction of sp³-hybridized carbons (Fsp3) is 0.462. The molecule has 0 N–H and O–H groups in total. The molecule has 3 nitrogen and oxygen atoms in total. The molecule has 0 bridgehead atoms. The normalized spacial score (nSPS) is 9.53. The van der Waals surface area contributed by atoms with Gasteiger partial charge in [0.25, 0.3) is 0 Å². The van der Waals surface area contributed by atoms with Crippen LogP contribution in [0.4, 0.5) is 0 Å². The van der Waals surface area contributed by atoms with Gasteiger partial charge in [-0.25, -0.2) is 0 Å². The first kappa shape index (κ1) is 15.8. The maximum absolute atomic E-state index is 8.64. The highest BCUT2D eigenvalue weighted by Gasteiger charge is 1.99. The van der Waals surface area contributed by atoms with Gasteiger partial charge in [0.1, 0.15) is 12.4 Å². The SMILES string of the molecule is CCN(CC)CCOc1ccc(C#N)cc1.Cl. The highest BCUT2D eigenvalue weighted by atomic mass is 35.5. The standard InChI is InChI=1S/C13H18N2O.ClH/c1-3-15(4-2)9-10-16-13-7-5-12(11-14)6-8-13;/h5-8H,3-4,9-10H2,1-2H3;1H. The highest BCUT2D eigenvalue weighted by molar-refractivity contribution is 5.85. The van der Waals surface area contributed by atoms with Crippen molar-refractivity contribution >= 4 is 12.4 Å². The Bertz CT molecular complexity index is 341. The lowest BCUT2D eigenvalue weighted by Gasteiger charge is -2.17. The van der Waals surface area contributed by atoms with Crippen molar-refractivity contribution in [2.75, 3.05) is 26.2 Å². The smallest absolute Gasteiger partial charge is 0.119 e. The third kappa shape index (κ3) is 5.58. The molecule has 0 atom stereocenters. The summed E-state index contributed by atoms with van der Waals surface area (Å²) in [6.07, 6.45) is 0. The van der Waals surface area contributed by atoms with E-state index in [1.54, 1.807) is 12.1 Å². The third-order valence-electron chi connectivity index (χ3n) is 2.55. The van der Waals surface area contributed by atoms with Gasteiger partial charge in [0.05, 0.1) is 11.6 Å². The molecule has 0 spiro atoms. The molecule has 1 aromatic carbocycles. The van der Waals surface area contributed by atoms with Crippen LogP contribution in [-0.4, -0.2) is 31.1 Å². The Kier molecular flexibility index (Phi) is 8.21. The fourth-order valence-corrected chi connectivity index (χ4v) is 1.46. The average molecular weight is 255 g/mol. The molecule has 94 valence electrons. The van der Waals surface area contributed by atoms with Gasteiger partial charge in [0.15, 0.2) is 0 Å². The van der Waals surface area contributed by atoms with Gasteiger partial charge in [-0.05, 0) is 37.4 Å². The predicted octanol–water partition coefficient (Wildman–Crippen LogP) is 2.70. The Labute approximate surface area is 109 Å². The number of ether oxygens (including phenoxy) is 1. The molecule has 0 aromatic heterocycles. The highest BCUT2D eigenvalue weighted by Crippen LogP contribution is 2.11. The maximum Gasteiger partial charge on any atom is 0.119 e. The fourth-order valence-electron chi connectivity index (χ4n) is 1.46. The minimum atomic E-state index is 0. The number of hydrogen-bond donors (Lipinski definition) is 0. The van der Waals surface area contributed by atoms with Crippen molar-refractivity contribution < 1.29 is 4.74 Å². The summed E-state index contributed by atoms with van der Waals surface area (Å²) in [5, 5.41) is 8.64. The Morgan fingerprint density at radius 1 is 1.18 bits per heavy atom. The largest absolute Gasteiger partial charge is 0.492 e. The minimum absolute atomic E-state index is 0. The molecule has 1 aromatic rings. The van der Waals surface area contributed by atoms with Gasteiger partial charge in [-0.15, -0.1) is 12.4 Å². The molecular weight excluding hydrogens is 236 g/mol. The lowest BCUT2D eigenvalue weighted by Crippen LogP contribution is -2.27. The lowest BCUT2D eigenvalue weighted by atomic mass is 10.2. The predicted molar refractivity (Wildman–Crippen MR) is 71.7 cm³/mol. The van der Waals surface area contributed by atoms with Crippen LogP contribution in [0, 0.1) is 11.3 Å². The van der Waals surface area contributed by atoms with Crippen LogP contribution in [0.1, 0.15) is 19.4 Å². The molecule has 0 heterocycles. The number of nitrogens with zero attached hydrogens (tertiary/aromatic N) is 2. The van der Waals surface area contributed by atoms with Crippen LogP contribution < -0.4 is 4.74 Å². The number of hydrogen-bond acceptors (Lipinski definition) is 3. The van der Waals surface area contributed by atoms with E-state index >= 15 is 0 Å². The van der Waals surface area contributed by atoms with Gasteiger partial charge in [-0.2, -0.15) is 5.26 Å². The first-order chi connectivity index (χ1) is 7.80. The van der Waals surface area contributed by atoms with Crippen molar-refractivity contribution in [3.05, 3.63) is 29.8 Å². The summed E-state index contributed by atoms with van der Waals surface area (Å²) in [6.45, 7) is 8.01. The molecule has 0 amide bonds. The van der Waals surface area contributed by atoms with E-state index in [4.69, 9.17) is 10.00 Å². The van der Waals surface area contributed by atoms with Gasteiger partial charge in [0.2, 0.25) is 0 Å². The van der Waals surface area contributed by atoms with E-state index in [0.29, 0.717) is 12.2 Å². The van der Waals surface area contributed by atoms with Crippen molar-refractivity contribution in [1.82, 2.24) is 4.90 Å². The van der Waals surface area contributed by atoms with Crippen molar-refractivity contribution in [2.45, 2.75) is 13.8 Å². The quantitative estimate of drug-likeness (QED) is 0.783. The molecule has 0 radical (unpaired) electrons. The Morgan fingerprint density at radius 2 is 1.76 bits per heavy atom. The summed E-state index contributed by atoms with van der Waals surface area (Å²) in [5.41, 5.74) is 0.663. The summed E-state index contributed by atoms with van der Waals surface area (Å²) in [7, 11) is 0. The first-order valence-corrected chi connectivity index (χ1v) is 5.65. The molecule has 0 fully saturated rings. The third-order valence-corrected chi connectivity index (χ3v) is 2.55. The number of nitriles is 1. The molecule has 4 heteroatoms. The topological polar surface area (TPSA) is 36.3 Å². The second kappa shape index (κ2) is 8.86. The van der Waals surface area contributed by atoms with E-state index in [2.05, 4.69) is 24.8 Å². The van der Waals surface area contributed by atoms with E-state index in [0.717, 1.165) is 25.4 Å². The molecule has 0 aliphatic heterocycles. The summed E-state index contributed by atoms with van der Waals surface area (Å²) in [6, 6.07) is 9.29. The van der Waals surface area contributed by atoms with E-state index in [9.17, 15) is 0 Å². The van der Waals surface area contributed by atoms with Crippen LogP contribution in [0.5, 0.6) is 5.75 Å². The lowest BCUT2D eigenvalue weighted by molar-refractivity contribution is 0.223. The van der Waals surface area contributed by atoms with E-state index in [1.807, 2.05) is 12.1 Å². The summed E-state index contributed by atoms with van der Waals surface area (Å²) >= 11 is 0. The molecule has 0 saturated heterocycles. The monoisotopic (exact) mass is 254 g/mol. The zero-order chi connectivity index (χ0) is 11.8. The zero-order valence-corrected chi connectivity index (χ0v) is 11.2. The van der Waals surface area contributed by atoms with Crippen LogP contribution >= 0.6 is 12.4 Å². The molecule has 0 unspecified atom stereocenters. The van der Waals surface area contributed by atoms with Gasteiger partial charge < -0.3 is 9.64 Å². The summed E-state index contributed by atoms with van der Waals surface area (Å²) in [4.78, 5) is 2.31. The number of rotatable bonds is 6. The molecule has 0 saturated carbocycles. The van der Waals surface area contributed by atoms with E-state index in [1.165, 1.54) is 0 Å².